The molecule has 3 nitrogen and oxygen atoms in total. The molecule has 4 heteroatoms. The molecule has 0 radical (unpaired) electrons. The Morgan fingerprint density at radius 1 is 1.19 bits per heavy atom. The molecular weight excluding hydrogens is 326 g/mol. The Hall–Kier alpha value is -0.580. The van der Waals surface area contributed by atoms with Crippen LogP contribution >= 0.6 is 15.9 Å². The summed E-state index contributed by atoms with van der Waals surface area (Å²) in [4.78, 5) is 5.23. The SMILES string of the molecule is CC(N)c1ccc(Br)cc1N1CCC(N2CCCCC2)C1. The van der Waals surface area contributed by atoms with Crippen LogP contribution in [0.25, 0.3) is 0 Å². The predicted molar refractivity (Wildman–Crippen MR) is 92.8 cm³/mol. The summed E-state index contributed by atoms with van der Waals surface area (Å²) in [6.07, 6.45) is 5.44. The van der Waals surface area contributed by atoms with Crippen molar-refractivity contribution in [2.75, 3.05) is 31.1 Å². The number of benzene rings is 1. The van der Waals surface area contributed by atoms with Crippen molar-refractivity contribution in [2.45, 2.75) is 44.7 Å². The van der Waals surface area contributed by atoms with E-state index in [9.17, 15) is 0 Å². The zero-order chi connectivity index (χ0) is 14.8. The molecule has 2 aliphatic rings. The highest BCUT2D eigenvalue weighted by Gasteiger charge is 2.29. The molecule has 0 aliphatic carbocycles. The van der Waals surface area contributed by atoms with E-state index < -0.39 is 0 Å². The Kier molecular flexibility index (Phi) is 4.87. The van der Waals surface area contributed by atoms with Gasteiger partial charge in [-0.15, -0.1) is 0 Å². The summed E-state index contributed by atoms with van der Waals surface area (Å²) in [6.45, 7) is 6.95. The van der Waals surface area contributed by atoms with E-state index >= 15 is 0 Å². The molecule has 2 aliphatic heterocycles. The Morgan fingerprint density at radius 2 is 1.95 bits per heavy atom. The number of hydrogen-bond donors (Lipinski definition) is 1. The number of anilines is 1. The van der Waals surface area contributed by atoms with Crippen LogP contribution in [0, 0.1) is 0 Å². The van der Waals surface area contributed by atoms with Crippen molar-refractivity contribution in [1.29, 1.82) is 0 Å². The van der Waals surface area contributed by atoms with E-state index in [2.05, 4.69) is 50.9 Å². The minimum absolute atomic E-state index is 0.0853. The molecule has 0 saturated carbocycles. The number of hydrogen-bond acceptors (Lipinski definition) is 3. The lowest BCUT2D eigenvalue weighted by Gasteiger charge is -2.32. The molecule has 0 spiro atoms. The maximum atomic E-state index is 6.16. The fraction of sp³-hybridized carbons (Fsp3) is 0.647. The van der Waals surface area contributed by atoms with Gasteiger partial charge in [0.1, 0.15) is 0 Å². The average molecular weight is 352 g/mol. The van der Waals surface area contributed by atoms with Crippen LogP contribution in [-0.2, 0) is 0 Å². The molecule has 0 amide bonds. The highest BCUT2D eigenvalue weighted by molar-refractivity contribution is 9.10. The van der Waals surface area contributed by atoms with Crippen LogP contribution in [0.5, 0.6) is 0 Å². The summed E-state index contributed by atoms with van der Waals surface area (Å²) in [7, 11) is 0. The highest BCUT2D eigenvalue weighted by atomic mass is 79.9. The molecule has 0 bridgehead atoms. The molecule has 2 heterocycles. The van der Waals surface area contributed by atoms with Crippen molar-refractivity contribution in [3.05, 3.63) is 28.2 Å². The van der Waals surface area contributed by atoms with E-state index in [1.807, 2.05) is 0 Å². The lowest BCUT2D eigenvalue weighted by molar-refractivity contribution is 0.175. The predicted octanol–water partition coefficient (Wildman–Crippen LogP) is 3.53. The van der Waals surface area contributed by atoms with Gasteiger partial charge in [-0.3, -0.25) is 4.90 Å². The average Bonchev–Trinajstić information content (AvgIpc) is 2.97. The fourth-order valence-corrected chi connectivity index (χ4v) is 4.07. The van der Waals surface area contributed by atoms with Gasteiger partial charge in [0.15, 0.2) is 0 Å². The van der Waals surface area contributed by atoms with Crippen LogP contribution in [0.3, 0.4) is 0 Å². The van der Waals surface area contributed by atoms with Gasteiger partial charge in [-0.2, -0.15) is 0 Å². The first-order valence-electron chi connectivity index (χ1n) is 8.19. The van der Waals surface area contributed by atoms with Gasteiger partial charge in [0.25, 0.3) is 0 Å². The van der Waals surface area contributed by atoms with Crippen LogP contribution in [-0.4, -0.2) is 37.1 Å². The molecule has 2 N–H and O–H groups in total. The summed E-state index contributed by atoms with van der Waals surface area (Å²) in [5.74, 6) is 0. The lowest BCUT2D eigenvalue weighted by Crippen LogP contribution is -2.41. The number of rotatable bonds is 3. The molecule has 2 atom stereocenters. The van der Waals surface area contributed by atoms with Gasteiger partial charge in [0, 0.05) is 35.3 Å². The van der Waals surface area contributed by atoms with Gasteiger partial charge in [0.2, 0.25) is 0 Å². The summed E-state index contributed by atoms with van der Waals surface area (Å²) in [5, 5.41) is 0. The van der Waals surface area contributed by atoms with Crippen molar-refractivity contribution in [2.24, 2.45) is 5.73 Å². The topological polar surface area (TPSA) is 32.5 Å². The first kappa shape index (κ1) is 15.3. The number of piperidine rings is 1. The van der Waals surface area contributed by atoms with E-state index in [-0.39, 0.29) is 6.04 Å². The summed E-state index contributed by atoms with van der Waals surface area (Å²) < 4.78 is 1.14. The van der Waals surface area contributed by atoms with E-state index in [1.165, 1.54) is 50.0 Å². The Morgan fingerprint density at radius 3 is 2.67 bits per heavy atom. The molecule has 116 valence electrons. The zero-order valence-electron chi connectivity index (χ0n) is 12.9. The number of halogens is 1. The number of likely N-dealkylation sites (tertiary alicyclic amines) is 1. The van der Waals surface area contributed by atoms with Gasteiger partial charge < -0.3 is 10.6 Å². The fourth-order valence-electron chi connectivity index (χ4n) is 3.72. The molecular formula is C17H26BrN3. The maximum absolute atomic E-state index is 6.16. The maximum Gasteiger partial charge on any atom is 0.0426 e. The number of nitrogens with two attached hydrogens (primary N) is 1. The van der Waals surface area contributed by atoms with Gasteiger partial charge in [-0.05, 0) is 57.0 Å². The molecule has 1 aromatic carbocycles. The smallest absolute Gasteiger partial charge is 0.0426 e. The molecule has 3 rings (SSSR count). The standard InChI is InChI=1S/C17H26BrN3/c1-13(19)16-6-5-14(18)11-17(16)21-10-7-15(12-21)20-8-3-2-4-9-20/h5-6,11,13,15H,2-4,7-10,12,19H2,1H3. The van der Waals surface area contributed by atoms with Gasteiger partial charge >= 0.3 is 0 Å². The molecule has 21 heavy (non-hydrogen) atoms. The van der Waals surface area contributed by atoms with Gasteiger partial charge in [0.05, 0.1) is 0 Å². The summed E-state index contributed by atoms with van der Waals surface area (Å²) in [6, 6.07) is 7.31. The summed E-state index contributed by atoms with van der Waals surface area (Å²) >= 11 is 3.61. The van der Waals surface area contributed by atoms with Crippen molar-refractivity contribution >= 4 is 21.6 Å². The first-order chi connectivity index (χ1) is 10.1. The lowest BCUT2D eigenvalue weighted by atomic mass is 10.1. The first-order valence-corrected chi connectivity index (χ1v) is 8.98. The van der Waals surface area contributed by atoms with Crippen LogP contribution in [0.15, 0.2) is 22.7 Å². The van der Waals surface area contributed by atoms with E-state index in [1.54, 1.807) is 0 Å². The van der Waals surface area contributed by atoms with Crippen molar-refractivity contribution < 1.29 is 0 Å². The quantitative estimate of drug-likeness (QED) is 0.903. The number of nitrogens with zero attached hydrogens (tertiary/aromatic N) is 2. The zero-order valence-corrected chi connectivity index (χ0v) is 14.5. The van der Waals surface area contributed by atoms with Gasteiger partial charge in [-0.1, -0.05) is 28.4 Å². The Balaban J connectivity index is 1.75. The minimum Gasteiger partial charge on any atom is -0.370 e. The Labute approximate surface area is 136 Å². The summed E-state index contributed by atoms with van der Waals surface area (Å²) in [5.41, 5.74) is 8.74. The minimum atomic E-state index is 0.0853. The molecule has 1 aromatic rings. The Bertz CT molecular complexity index is 483. The second-order valence-corrected chi connectivity index (χ2v) is 7.39. The van der Waals surface area contributed by atoms with Crippen LogP contribution in [0.4, 0.5) is 5.69 Å². The van der Waals surface area contributed by atoms with E-state index in [4.69, 9.17) is 5.73 Å². The third-order valence-electron chi connectivity index (χ3n) is 4.89. The second-order valence-electron chi connectivity index (χ2n) is 6.48. The highest BCUT2D eigenvalue weighted by Crippen LogP contribution is 2.32. The van der Waals surface area contributed by atoms with E-state index in [0.717, 1.165) is 23.6 Å². The molecule has 2 unspecified atom stereocenters. The normalized spacial score (nSPS) is 25.3. The molecule has 2 saturated heterocycles. The largest absolute Gasteiger partial charge is 0.370 e. The molecule has 2 fully saturated rings. The van der Waals surface area contributed by atoms with Crippen molar-refractivity contribution in [3.63, 3.8) is 0 Å². The molecule has 0 aromatic heterocycles. The van der Waals surface area contributed by atoms with Crippen LogP contribution in [0.2, 0.25) is 0 Å². The monoisotopic (exact) mass is 351 g/mol. The third kappa shape index (κ3) is 3.43. The van der Waals surface area contributed by atoms with Crippen LogP contribution < -0.4 is 10.6 Å². The van der Waals surface area contributed by atoms with Crippen LogP contribution in [0.1, 0.15) is 44.2 Å². The van der Waals surface area contributed by atoms with Gasteiger partial charge in [-0.25, -0.2) is 0 Å². The van der Waals surface area contributed by atoms with Crippen molar-refractivity contribution in [1.82, 2.24) is 4.90 Å². The van der Waals surface area contributed by atoms with Crippen molar-refractivity contribution in [3.8, 4) is 0 Å². The third-order valence-corrected chi connectivity index (χ3v) is 5.39. The van der Waals surface area contributed by atoms with E-state index in [0.29, 0.717) is 0 Å². The second kappa shape index (κ2) is 6.67.